The summed E-state index contributed by atoms with van der Waals surface area (Å²) in [7, 11) is 0. The van der Waals surface area contributed by atoms with Crippen LogP contribution < -0.4 is 0 Å². The Balaban J connectivity index is 2.26. The molecule has 1 heterocycles. The van der Waals surface area contributed by atoms with Crippen molar-refractivity contribution in [1.82, 2.24) is 4.98 Å². The van der Waals surface area contributed by atoms with Crippen molar-refractivity contribution in [2.75, 3.05) is 0 Å². The smallest absolute Gasteiger partial charge is 0.134 e. The molecule has 88 valence electrons. The SMILES string of the molecule is Fc1cccc(F)c1-c1cnc2ccccc2c1. The molecule has 0 N–H and O–H groups in total. The summed E-state index contributed by atoms with van der Waals surface area (Å²) in [5, 5.41) is 0.859. The molecule has 0 fully saturated rings. The van der Waals surface area contributed by atoms with Crippen LogP contribution in [0.15, 0.2) is 54.7 Å². The Kier molecular flexibility index (Phi) is 2.52. The van der Waals surface area contributed by atoms with E-state index in [0.717, 1.165) is 10.9 Å². The van der Waals surface area contributed by atoms with Crippen molar-refractivity contribution < 1.29 is 8.78 Å². The second-order valence-electron chi connectivity index (χ2n) is 4.01. The van der Waals surface area contributed by atoms with Crippen molar-refractivity contribution in [3.05, 3.63) is 66.4 Å². The molecule has 0 saturated heterocycles. The molecule has 0 bridgehead atoms. The van der Waals surface area contributed by atoms with Crippen LogP contribution in [-0.4, -0.2) is 4.98 Å². The van der Waals surface area contributed by atoms with Gasteiger partial charge in [0.25, 0.3) is 0 Å². The zero-order valence-electron chi connectivity index (χ0n) is 9.40. The van der Waals surface area contributed by atoms with E-state index in [0.29, 0.717) is 5.56 Å². The summed E-state index contributed by atoms with van der Waals surface area (Å²) in [5.74, 6) is -1.15. The number of hydrogen-bond acceptors (Lipinski definition) is 1. The second-order valence-corrected chi connectivity index (χ2v) is 4.01. The normalized spacial score (nSPS) is 10.8. The van der Waals surface area contributed by atoms with Crippen LogP contribution in [0.25, 0.3) is 22.0 Å². The fourth-order valence-corrected chi connectivity index (χ4v) is 1.98. The van der Waals surface area contributed by atoms with E-state index in [-0.39, 0.29) is 5.56 Å². The maximum atomic E-state index is 13.7. The summed E-state index contributed by atoms with van der Waals surface area (Å²) >= 11 is 0. The van der Waals surface area contributed by atoms with E-state index in [1.54, 1.807) is 6.07 Å². The fourth-order valence-electron chi connectivity index (χ4n) is 1.98. The number of rotatable bonds is 1. The van der Waals surface area contributed by atoms with Crippen LogP contribution in [0.2, 0.25) is 0 Å². The Labute approximate surface area is 103 Å². The van der Waals surface area contributed by atoms with Gasteiger partial charge in [0, 0.05) is 17.1 Å². The van der Waals surface area contributed by atoms with Crippen molar-refractivity contribution in [3.63, 3.8) is 0 Å². The molecule has 0 atom stereocenters. The van der Waals surface area contributed by atoms with Gasteiger partial charge in [-0.05, 0) is 24.3 Å². The van der Waals surface area contributed by atoms with Gasteiger partial charge in [0.1, 0.15) is 11.6 Å². The van der Waals surface area contributed by atoms with E-state index in [1.165, 1.54) is 24.4 Å². The topological polar surface area (TPSA) is 12.9 Å². The molecule has 0 aliphatic heterocycles. The molecule has 0 radical (unpaired) electrons. The molecular formula is C15H9F2N. The second kappa shape index (κ2) is 4.18. The van der Waals surface area contributed by atoms with Gasteiger partial charge in [-0.2, -0.15) is 0 Å². The highest BCUT2D eigenvalue weighted by atomic mass is 19.1. The molecule has 0 unspecified atom stereocenters. The Bertz CT molecular complexity index is 702. The summed E-state index contributed by atoms with van der Waals surface area (Å²) in [6.45, 7) is 0. The van der Waals surface area contributed by atoms with Gasteiger partial charge in [0.2, 0.25) is 0 Å². The van der Waals surface area contributed by atoms with E-state index < -0.39 is 11.6 Å². The Morgan fingerprint density at radius 1 is 0.833 bits per heavy atom. The number of nitrogens with zero attached hydrogens (tertiary/aromatic N) is 1. The van der Waals surface area contributed by atoms with E-state index in [2.05, 4.69) is 4.98 Å². The average molecular weight is 241 g/mol. The molecule has 0 aliphatic carbocycles. The minimum absolute atomic E-state index is 0.0317. The van der Waals surface area contributed by atoms with Gasteiger partial charge >= 0.3 is 0 Å². The summed E-state index contributed by atoms with van der Waals surface area (Å²) in [5.41, 5.74) is 1.22. The average Bonchev–Trinajstić information content (AvgIpc) is 2.38. The molecule has 3 heteroatoms. The van der Waals surface area contributed by atoms with Gasteiger partial charge in [-0.25, -0.2) is 8.78 Å². The Hall–Kier alpha value is -2.29. The molecule has 3 aromatic rings. The lowest BCUT2D eigenvalue weighted by molar-refractivity contribution is 0.589. The number of halogens is 2. The molecular weight excluding hydrogens is 232 g/mol. The zero-order chi connectivity index (χ0) is 12.5. The summed E-state index contributed by atoms with van der Waals surface area (Å²) in [6, 6.07) is 13.0. The number of aromatic nitrogens is 1. The predicted molar refractivity (Wildman–Crippen MR) is 67.1 cm³/mol. The standard InChI is InChI=1S/C15H9F2N/c16-12-5-3-6-13(17)15(12)11-8-10-4-1-2-7-14(10)18-9-11/h1-9H. The van der Waals surface area contributed by atoms with E-state index >= 15 is 0 Å². The number of pyridine rings is 1. The summed E-state index contributed by atoms with van der Waals surface area (Å²) in [4.78, 5) is 4.21. The van der Waals surface area contributed by atoms with Crippen LogP contribution >= 0.6 is 0 Å². The highest BCUT2D eigenvalue weighted by molar-refractivity contribution is 5.83. The maximum absolute atomic E-state index is 13.7. The lowest BCUT2D eigenvalue weighted by atomic mass is 10.0. The van der Waals surface area contributed by atoms with Gasteiger partial charge in [0.05, 0.1) is 11.1 Å². The van der Waals surface area contributed by atoms with Gasteiger partial charge in [-0.3, -0.25) is 4.98 Å². The highest BCUT2D eigenvalue weighted by Gasteiger charge is 2.11. The monoisotopic (exact) mass is 241 g/mol. The third-order valence-corrected chi connectivity index (χ3v) is 2.84. The quantitative estimate of drug-likeness (QED) is 0.622. The van der Waals surface area contributed by atoms with E-state index in [9.17, 15) is 8.78 Å². The number of para-hydroxylation sites is 1. The number of fused-ring (bicyclic) bond motifs is 1. The number of benzene rings is 2. The summed E-state index contributed by atoms with van der Waals surface area (Å²) in [6.07, 6.45) is 1.49. The minimum atomic E-state index is -0.577. The first-order valence-corrected chi connectivity index (χ1v) is 5.55. The first-order chi connectivity index (χ1) is 8.75. The molecule has 0 spiro atoms. The van der Waals surface area contributed by atoms with Crippen molar-refractivity contribution in [1.29, 1.82) is 0 Å². The van der Waals surface area contributed by atoms with Gasteiger partial charge in [-0.15, -0.1) is 0 Å². The fraction of sp³-hybridized carbons (Fsp3) is 0. The van der Waals surface area contributed by atoms with Crippen LogP contribution in [0.4, 0.5) is 8.78 Å². The van der Waals surface area contributed by atoms with Crippen molar-refractivity contribution in [3.8, 4) is 11.1 Å². The lowest BCUT2D eigenvalue weighted by Gasteiger charge is -2.06. The van der Waals surface area contributed by atoms with Crippen molar-refractivity contribution in [2.45, 2.75) is 0 Å². The van der Waals surface area contributed by atoms with Crippen molar-refractivity contribution >= 4 is 10.9 Å². The van der Waals surface area contributed by atoms with E-state index in [4.69, 9.17) is 0 Å². The molecule has 0 saturated carbocycles. The summed E-state index contributed by atoms with van der Waals surface area (Å²) < 4.78 is 27.3. The molecule has 1 nitrogen and oxygen atoms in total. The number of hydrogen-bond donors (Lipinski definition) is 0. The van der Waals surface area contributed by atoms with Crippen LogP contribution in [0, 0.1) is 11.6 Å². The van der Waals surface area contributed by atoms with Crippen LogP contribution in [0.3, 0.4) is 0 Å². The van der Waals surface area contributed by atoms with Crippen molar-refractivity contribution in [2.24, 2.45) is 0 Å². The molecule has 0 aliphatic rings. The van der Waals surface area contributed by atoms with Crippen LogP contribution in [-0.2, 0) is 0 Å². The third kappa shape index (κ3) is 1.74. The first kappa shape index (κ1) is 10.8. The Morgan fingerprint density at radius 2 is 1.56 bits per heavy atom. The molecule has 2 aromatic carbocycles. The minimum Gasteiger partial charge on any atom is -0.256 e. The van der Waals surface area contributed by atoms with Gasteiger partial charge in [0.15, 0.2) is 0 Å². The largest absolute Gasteiger partial charge is 0.256 e. The lowest BCUT2D eigenvalue weighted by Crippen LogP contribution is -1.90. The molecule has 3 rings (SSSR count). The predicted octanol–water partition coefficient (Wildman–Crippen LogP) is 4.18. The van der Waals surface area contributed by atoms with Gasteiger partial charge < -0.3 is 0 Å². The van der Waals surface area contributed by atoms with Crippen LogP contribution in [0.1, 0.15) is 0 Å². The first-order valence-electron chi connectivity index (χ1n) is 5.55. The van der Waals surface area contributed by atoms with Gasteiger partial charge in [-0.1, -0.05) is 24.3 Å². The third-order valence-electron chi connectivity index (χ3n) is 2.84. The Morgan fingerprint density at radius 3 is 2.33 bits per heavy atom. The molecule has 0 amide bonds. The van der Waals surface area contributed by atoms with E-state index in [1.807, 2.05) is 24.3 Å². The maximum Gasteiger partial charge on any atom is 0.134 e. The van der Waals surface area contributed by atoms with Crippen LogP contribution in [0.5, 0.6) is 0 Å². The zero-order valence-corrected chi connectivity index (χ0v) is 9.40. The highest BCUT2D eigenvalue weighted by Crippen LogP contribution is 2.27. The molecule has 18 heavy (non-hydrogen) atoms. The molecule has 1 aromatic heterocycles.